The van der Waals surface area contributed by atoms with E-state index >= 15 is 0 Å². The molecule has 2 aromatic rings. The van der Waals surface area contributed by atoms with Crippen molar-refractivity contribution in [2.45, 2.75) is 38.4 Å². The highest BCUT2D eigenvalue weighted by atomic mass is 15.2. The Morgan fingerprint density at radius 2 is 1.91 bits per heavy atom. The average Bonchev–Trinajstić information content (AvgIpc) is 2.58. The monoisotopic (exact) mass is 295 g/mol. The molecule has 0 spiro atoms. The lowest BCUT2D eigenvalue weighted by atomic mass is 10.0. The Kier molecular flexibility index (Phi) is 5.57. The minimum absolute atomic E-state index is 0.637. The van der Waals surface area contributed by atoms with Crippen LogP contribution in [0.5, 0.6) is 0 Å². The zero-order valence-electron chi connectivity index (χ0n) is 13.1. The predicted octanol–water partition coefficient (Wildman–Crippen LogP) is 3.23. The van der Waals surface area contributed by atoms with Crippen molar-refractivity contribution in [2.24, 2.45) is 0 Å². The Bertz CT molecular complexity index is 541. The largest absolute Gasteiger partial charge is 0.310 e. The number of likely N-dealkylation sites (tertiary alicyclic amines) is 1. The van der Waals surface area contributed by atoms with Gasteiger partial charge >= 0.3 is 0 Å². The summed E-state index contributed by atoms with van der Waals surface area (Å²) in [4.78, 5) is 7.00. The summed E-state index contributed by atoms with van der Waals surface area (Å²) < 4.78 is 0. The van der Waals surface area contributed by atoms with Crippen LogP contribution in [-0.4, -0.2) is 29.0 Å². The molecule has 22 heavy (non-hydrogen) atoms. The third-order valence-electron chi connectivity index (χ3n) is 4.39. The first-order chi connectivity index (χ1) is 10.9. The van der Waals surface area contributed by atoms with Crippen molar-refractivity contribution in [3.8, 4) is 0 Å². The molecule has 0 aliphatic carbocycles. The highest BCUT2D eigenvalue weighted by Gasteiger charge is 2.21. The molecule has 3 rings (SSSR count). The van der Waals surface area contributed by atoms with Gasteiger partial charge in [0.05, 0.1) is 5.69 Å². The SMILES string of the molecule is c1ccc(CN2CCCC[C@H]2CNCc2ccccn2)cc1. The van der Waals surface area contributed by atoms with Gasteiger partial charge < -0.3 is 5.32 Å². The molecule has 2 heterocycles. The summed E-state index contributed by atoms with van der Waals surface area (Å²) in [6, 6.07) is 17.5. The molecule has 3 nitrogen and oxygen atoms in total. The van der Waals surface area contributed by atoms with E-state index in [0.717, 1.165) is 25.3 Å². The smallest absolute Gasteiger partial charge is 0.0541 e. The van der Waals surface area contributed by atoms with Crippen LogP contribution in [0.25, 0.3) is 0 Å². The van der Waals surface area contributed by atoms with Gasteiger partial charge in [0.2, 0.25) is 0 Å². The summed E-state index contributed by atoms with van der Waals surface area (Å²) in [5.41, 5.74) is 2.53. The Balaban J connectivity index is 1.51. The van der Waals surface area contributed by atoms with Gasteiger partial charge in [-0.05, 0) is 37.1 Å². The van der Waals surface area contributed by atoms with Crippen LogP contribution in [0.3, 0.4) is 0 Å². The highest BCUT2D eigenvalue weighted by Crippen LogP contribution is 2.19. The number of hydrogen-bond acceptors (Lipinski definition) is 3. The Hall–Kier alpha value is -1.71. The first kappa shape index (κ1) is 15.2. The summed E-state index contributed by atoms with van der Waals surface area (Å²) >= 11 is 0. The van der Waals surface area contributed by atoms with Gasteiger partial charge in [0.25, 0.3) is 0 Å². The third-order valence-corrected chi connectivity index (χ3v) is 4.39. The average molecular weight is 295 g/mol. The second-order valence-corrected chi connectivity index (χ2v) is 6.06. The topological polar surface area (TPSA) is 28.2 Å². The van der Waals surface area contributed by atoms with E-state index in [2.05, 4.69) is 51.6 Å². The van der Waals surface area contributed by atoms with E-state index in [-0.39, 0.29) is 0 Å². The van der Waals surface area contributed by atoms with Crippen molar-refractivity contribution >= 4 is 0 Å². The molecular formula is C19H25N3. The molecule has 1 saturated heterocycles. The molecule has 0 bridgehead atoms. The quantitative estimate of drug-likeness (QED) is 0.887. The number of piperidine rings is 1. The van der Waals surface area contributed by atoms with Crippen LogP contribution in [0.4, 0.5) is 0 Å². The number of pyridine rings is 1. The van der Waals surface area contributed by atoms with Crippen molar-refractivity contribution < 1.29 is 0 Å². The van der Waals surface area contributed by atoms with Gasteiger partial charge in [-0.2, -0.15) is 0 Å². The number of nitrogens with one attached hydrogen (secondary N) is 1. The van der Waals surface area contributed by atoms with E-state index in [1.807, 2.05) is 18.3 Å². The second-order valence-electron chi connectivity index (χ2n) is 6.06. The molecule has 0 saturated carbocycles. The maximum Gasteiger partial charge on any atom is 0.0541 e. The van der Waals surface area contributed by atoms with Crippen molar-refractivity contribution in [3.05, 3.63) is 66.0 Å². The molecular weight excluding hydrogens is 270 g/mol. The number of aromatic nitrogens is 1. The lowest BCUT2D eigenvalue weighted by Crippen LogP contribution is -2.44. The summed E-state index contributed by atoms with van der Waals surface area (Å²) in [6.45, 7) is 4.18. The van der Waals surface area contributed by atoms with Crippen LogP contribution in [0.15, 0.2) is 54.7 Å². The third kappa shape index (κ3) is 4.39. The van der Waals surface area contributed by atoms with Crippen molar-refractivity contribution in [3.63, 3.8) is 0 Å². The van der Waals surface area contributed by atoms with E-state index in [4.69, 9.17) is 0 Å². The zero-order valence-corrected chi connectivity index (χ0v) is 13.1. The van der Waals surface area contributed by atoms with E-state index < -0.39 is 0 Å². The van der Waals surface area contributed by atoms with Gasteiger partial charge in [0.15, 0.2) is 0 Å². The van der Waals surface area contributed by atoms with Gasteiger partial charge in [0.1, 0.15) is 0 Å². The lowest BCUT2D eigenvalue weighted by molar-refractivity contribution is 0.137. The van der Waals surface area contributed by atoms with Gasteiger partial charge in [0, 0.05) is 31.9 Å². The first-order valence-corrected chi connectivity index (χ1v) is 8.30. The Morgan fingerprint density at radius 1 is 1.05 bits per heavy atom. The van der Waals surface area contributed by atoms with Crippen molar-refractivity contribution in [2.75, 3.05) is 13.1 Å². The van der Waals surface area contributed by atoms with E-state index in [0.29, 0.717) is 6.04 Å². The summed E-state index contributed by atoms with van der Waals surface area (Å²) in [7, 11) is 0. The summed E-state index contributed by atoms with van der Waals surface area (Å²) in [6.07, 6.45) is 5.83. The van der Waals surface area contributed by atoms with Gasteiger partial charge in [-0.25, -0.2) is 0 Å². The van der Waals surface area contributed by atoms with Crippen LogP contribution in [0, 0.1) is 0 Å². The van der Waals surface area contributed by atoms with Gasteiger partial charge in [-0.15, -0.1) is 0 Å². The molecule has 116 valence electrons. The molecule has 1 aliphatic heterocycles. The van der Waals surface area contributed by atoms with Gasteiger partial charge in [-0.3, -0.25) is 9.88 Å². The van der Waals surface area contributed by atoms with E-state index in [1.54, 1.807) is 0 Å². The predicted molar refractivity (Wildman–Crippen MR) is 90.4 cm³/mol. The van der Waals surface area contributed by atoms with Crippen molar-refractivity contribution in [1.82, 2.24) is 15.2 Å². The van der Waals surface area contributed by atoms with E-state index in [9.17, 15) is 0 Å². The van der Waals surface area contributed by atoms with Crippen LogP contribution in [-0.2, 0) is 13.1 Å². The molecule has 3 heteroatoms. The zero-order chi connectivity index (χ0) is 15.0. The van der Waals surface area contributed by atoms with Crippen LogP contribution >= 0.6 is 0 Å². The normalized spacial score (nSPS) is 19.2. The van der Waals surface area contributed by atoms with Crippen LogP contribution in [0.2, 0.25) is 0 Å². The fourth-order valence-electron chi connectivity index (χ4n) is 3.19. The molecule has 0 amide bonds. The molecule has 0 unspecified atom stereocenters. The van der Waals surface area contributed by atoms with Crippen LogP contribution in [0.1, 0.15) is 30.5 Å². The number of rotatable bonds is 6. The van der Waals surface area contributed by atoms with E-state index in [1.165, 1.54) is 31.4 Å². The molecule has 1 aliphatic rings. The Morgan fingerprint density at radius 3 is 2.73 bits per heavy atom. The van der Waals surface area contributed by atoms with Crippen molar-refractivity contribution in [1.29, 1.82) is 0 Å². The molecule has 0 radical (unpaired) electrons. The Labute approximate surface area is 133 Å². The minimum atomic E-state index is 0.637. The number of nitrogens with zero attached hydrogens (tertiary/aromatic N) is 2. The lowest BCUT2D eigenvalue weighted by Gasteiger charge is -2.36. The second kappa shape index (κ2) is 8.06. The minimum Gasteiger partial charge on any atom is -0.310 e. The molecule has 1 aromatic carbocycles. The highest BCUT2D eigenvalue weighted by molar-refractivity contribution is 5.14. The summed E-state index contributed by atoms with van der Waals surface area (Å²) in [5.74, 6) is 0. The molecule has 1 atom stereocenters. The molecule has 1 N–H and O–H groups in total. The maximum atomic E-state index is 4.37. The maximum absolute atomic E-state index is 4.37. The standard InChI is InChI=1S/C19H25N3/c1-2-8-17(9-3-1)16-22-13-7-5-11-19(22)15-20-14-18-10-4-6-12-21-18/h1-4,6,8-10,12,19-20H,5,7,11,13-16H2/t19-/m0/s1. The number of hydrogen-bond donors (Lipinski definition) is 1. The fourth-order valence-corrected chi connectivity index (χ4v) is 3.19. The number of benzene rings is 1. The molecule has 1 fully saturated rings. The van der Waals surface area contributed by atoms with Crippen LogP contribution < -0.4 is 5.32 Å². The molecule has 1 aromatic heterocycles. The fraction of sp³-hybridized carbons (Fsp3) is 0.421. The van der Waals surface area contributed by atoms with Gasteiger partial charge in [-0.1, -0.05) is 42.8 Å². The first-order valence-electron chi connectivity index (χ1n) is 8.30. The summed E-state index contributed by atoms with van der Waals surface area (Å²) in [5, 5.41) is 3.58.